The SMILES string of the molecule is CCCc1nc(N)c(C(N)=O)[nH]1. The van der Waals surface area contributed by atoms with E-state index < -0.39 is 5.91 Å². The largest absolute Gasteiger partial charge is 0.382 e. The van der Waals surface area contributed by atoms with Crippen molar-refractivity contribution in [2.45, 2.75) is 19.8 Å². The zero-order valence-electron chi connectivity index (χ0n) is 6.92. The second-order valence-corrected chi connectivity index (χ2v) is 2.56. The number of hydrogen-bond acceptors (Lipinski definition) is 3. The van der Waals surface area contributed by atoms with Gasteiger partial charge < -0.3 is 16.5 Å². The van der Waals surface area contributed by atoms with Gasteiger partial charge in [0, 0.05) is 6.42 Å². The van der Waals surface area contributed by atoms with E-state index in [9.17, 15) is 4.79 Å². The molecule has 5 N–H and O–H groups in total. The first-order valence-electron chi connectivity index (χ1n) is 3.79. The first-order chi connectivity index (χ1) is 5.65. The van der Waals surface area contributed by atoms with Gasteiger partial charge in [-0.15, -0.1) is 0 Å². The number of nitrogen functional groups attached to an aromatic ring is 1. The lowest BCUT2D eigenvalue weighted by atomic mass is 10.3. The van der Waals surface area contributed by atoms with E-state index in [2.05, 4.69) is 9.97 Å². The number of imidazole rings is 1. The van der Waals surface area contributed by atoms with Gasteiger partial charge in [0.2, 0.25) is 0 Å². The van der Waals surface area contributed by atoms with E-state index >= 15 is 0 Å². The van der Waals surface area contributed by atoms with Crippen molar-refractivity contribution in [2.75, 3.05) is 5.73 Å². The molecule has 0 bridgehead atoms. The standard InChI is InChI=1S/C7H12N4O/c1-2-3-4-10-5(7(9)12)6(8)11-4/h2-3,8H2,1H3,(H2,9,12)(H,10,11). The fourth-order valence-electron chi connectivity index (χ4n) is 0.981. The molecule has 0 spiro atoms. The van der Waals surface area contributed by atoms with Gasteiger partial charge in [-0.25, -0.2) is 4.98 Å². The fraction of sp³-hybridized carbons (Fsp3) is 0.429. The Labute approximate surface area is 70.2 Å². The molecule has 0 unspecified atom stereocenters. The summed E-state index contributed by atoms with van der Waals surface area (Å²) >= 11 is 0. The van der Waals surface area contributed by atoms with Gasteiger partial charge in [-0.2, -0.15) is 0 Å². The van der Waals surface area contributed by atoms with Crippen LogP contribution in [0.25, 0.3) is 0 Å². The number of aromatic amines is 1. The van der Waals surface area contributed by atoms with Crippen molar-refractivity contribution in [2.24, 2.45) is 5.73 Å². The summed E-state index contributed by atoms with van der Waals surface area (Å²) < 4.78 is 0. The molecule has 5 heteroatoms. The lowest BCUT2D eigenvalue weighted by Gasteiger charge is -1.89. The predicted molar refractivity (Wildman–Crippen MR) is 45.5 cm³/mol. The van der Waals surface area contributed by atoms with Crippen LogP contribution in [0.1, 0.15) is 29.7 Å². The van der Waals surface area contributed by atoms with Crippen LogP contribution in [0, 0.1) is 0 Å². The smallest absolute Gasteiger partial charge is 0.269 e. The first kappa shape index (κ1) is 8.58. The summed E-state index contributed by atoms with van der Waals surface area (Å²) in [7, 11) is 0. The Hall–Kier alpha value is -1.52. The molecular weight excluding hydrogens is 156 g/mol. The molecule has 0 atom stereocenters. The lowest BCUT2D eigenvalue weighted by Crippen LogP contribution is -2.13. The number of H-pyrrole nitrogens is 1. The Bertz CT molecular complexity index is 292. The summed E-state index contributed by atoms with van der Waals surface area (Å²) in [6.45, 7) is 2.02. The number of nitrogens with one attached hydrogen (secondary N) is 1. The second-order valence-electron chi connectivity index (χ2n) is 2.56. The van der Waals surface area contributed by atoms with Crippen LogP contribution >= 0.6 is 0 Å². The van der Waals surface area contributed by atoms with Crippen molar-refractivity contribution in [3.05, 3.63) is 11.5 Å². The molecule has 0 aliphatic carbocycles. The number of carbonyl (C=O) groups is 1. The van der Waals surface area contributed by atoms with Crippen molar-refractivity contribution < 1.29 is 4.79 Å². The minimum absolute atomic E-state index is 0.186. The third-order valence-corrected chi connectivity index (χ3v) is 1.51. The molecule has 0 aliphatic rings. The number of carbonyl (C=O) groups excluding carboxylic acids is 1. The van der Waals surface area contributed by atoms with Crippen LogP contribution in [-0.4, -0.2) is 15.9 Å². The average molecular weight is 168 g/mol. The van der Waals surface area contributed by atoms with Crippen LogP contribution in [-0.2, 0) is 6.42 Å². The van der Waals surface area contributed by atoms with Gasteiger partial charge in [-0.1, -0.05) is 6.92 Å². The highest BCUT2D eigenvalue weighted by Crippen LogP contribution is 2.08. The Kier molecular flexibility index (Phi) is 2.32. The van der Waals surface area contributed by atoms with E-state index in [-0.39, 0.29) is 11.5 Å². The minimum atomic E-state index is -0.567. The van der Waals surface area contributed by atoms with E-state index in [1.807, 2.05) is 6.92 Å². The molecule has 1 heterocycles. The van der Waals surface area contributed by atoms with Gasteiger partial charge in [0.1, 0.15) is 11.5 Å². The molecule has 1 rings (SSSR count). The average Bonchev–Trinajstić information content (AvgIpc) is 2.32. The van der Waals surface area contributed by atoms with Crippen LogP contribution in [0.4, 0.5) is 5.82 Å². The van der Waals surface area contributed by atoms with Gasteiger partial charge in [-0.05, 0) is 6.42 Å². The molecule has 5 nitrogen and oxygen atoms in total. The summed E-state index contributed by atoms with van der Waals surface area (Å²) in [5, 5.41) is 0. The number of aromatic nitrogens is 2. The Morgan fingerprint density at radius 2 is 2.33 bits per heavy atom. The van der Waals surface area contributed by atoms with Crippen LogP contribution in [0.3, 0.4) is 0 Å². The third-order valence-electron chi connectivity index (χ3n) is 1.51. The second kappa shape index (κ2) is 3.25. The Morgan fingerprint density at radius 3 is 2.75 bits per heavy atom. The zero-order valence-corrected chi connectivity index (χ0v) is 6.92. The third kappa shape index (κ3) is 1.55. The molecule has 0 aromatic carbocycles. The predicted octanol–water partition coefficient (Wildman–Crippen LogP) is 0.0433. The topological polar surface area (TPSA) is 97.8 Å². The maximum atomic E-state index is 10.7. The van der Waals surface area contributed by atoms with Crippen LogP contribution in [0.5, 0.6) is 0 Å². The van der Waals surface area contributed by atoms with E-state index in [0.717, 1.165) is 12.8 Å². The van der Waals surface area contributed by atoms with Crippen LogP contribution < -0.4 is 11.5 Å². The number of amides is 1. The number of primary amides is 1. The number of anilines is 1. The van der Waals surface area contributed by atoms with E-state index in [0.29, 0.717) is 5.82 Å². The maximum absolute atomic E-state index is 10.7. The summed E-state index contributed by atoms with van der Waals surface area (Å²) in [5.41, 5.74) is 10.7. The van der Waals surface area contributed by atoms with Crippen molar-refractivity contribution in [3.8, 4) is 0 Å². The molecule has 0 aliphatic heterocycles. The minimum Gasteiger partial charge on any atom is -0.382 e. The molecule has 1 aromatic heterocycles. The lowest BCUT2D eigenvalue weighted by molar-refractivity contribution is 0.0997. The first-order valence-corrected chi connectivity index (χ1v) is 3.79. The highest BCUT2D eigenvalue weighted by molar-refractivity contribution is 5.95. The van der Waals surface area contributed by atoms with Gasteiger partial charge in [-0.3, -0.25) is 4.79 Å². The summed E-state index contributed by atoms with van der Waals surface area (Å²) in [6.07, 6.45) is 1.72. The van der Waals surface area contributed by atoms with Gasteiger partial charge in [0.25, 0.3) is 5.91 Å². The molecule has 0 saturated carbocycles. The highest BCUT2D eigenvalue weighted by atomic mass is 16.1. The zero-order chi connectivity index (χ0) is 9.14. The van der Waals surface area contributed by atoms with Crippen LogP contribution in [0.2, 0.25) is 0 Å². The molecule has 12 heavy (non-hydrogen) atoms. The quantitative estimate of drug-likeness (QED) is 0.594. The van der Waals surface area contributed by atoms with Crippen molar-refractivity contribution in [3.63, 3.8) is 0 Å². The highest BCUT2D eigenvalue weighted by Gasteiger charge is 2.10. The van der Waals surface area contributed by atoms with Crippen molar-refractivity contribution in [1.82, 2.24) is 9.97 Å². The van der Waals surface area contributed by atoms with Crippen LogP contribution in [0.15, 0.2) is 0 Å². The van der Waals surface area contributed by atoms with Gasteiger partial charge in [0.05, 0.1) is 0 Å². The molecule has 66 valence electrons. The fourth-order valence-corrected chi connectivity index (χ4v) is 0.981. The molecule has 1 aromatic rings. The number of aryl methyl sites for hydroxylation is 1. The molecule has 0 saturated heterocycles. The number of nitrogens with zero attached hydrogens (tertiary/aromatic N) is 1. The van der Waals surface area contributed by atoms with Gasteiger partial charge >= 0.3 is 0 Å². The summed E-state index contributed by atoms with van der Waals surface area (Å²) in [6, 6.07) is 0. The summed E-state index contributed by atoms with van der Waals surface area (Å²) in [5.74, 6) is 0.331. The monoisotopic (exact) mass is 168 g/mol. The number of hydrogen-bond donors (Lipinski definition) is 3. The molecule has 0 radical (unpaired) electrons. The number of nitrogens with two attached hydrogens (primary N) is 2. The normalized spacial score (nSPS) is 10.1. The molecule has 1 amide bonds. The van der Waals surface area contributed by atoms with E-state index in [4.69, 9.17) is 11.5 Å². The van der Waals surface area contributed by atoms with E-state index in [1.165, 1.54) is 0 Å². The maximum Gasteiger partial charge on any atom is 0.269 e. The van der Waals surface area contributed by atoms with Crippen molar-refractivity contribution in [1.29, 1.82) is 0 Å². The summed E-state index contributed by atoms with van der Waals surface area (Å²) in [4.78, 5) is 17.4. The number of rotatable bonds is 3. The molecule has 0 fully saturated rings. The van der Waals surface area contributed by atoms with Crippen molar-refractivity contribution >= 4 is 11.7 Å². The Morgan fingerprint density at radius 1 is 1.67 bits per heavy atom. The molecular formula is C7H12N4O. The van der Waals surface area contributed by atoms with Gasteiger partial charge in [0.15, 0.2) is 5.82 Å². The Balaban J connectivity index is 2.92. The van der Waals surface area contributed by atoms with E-state index in [1.54, 1.807) is 0 Å².